The van der Waals surface area contributed by atoms with Gasteiger partial charge in [-0.25, -0.2) is 8.42 Å². The summed E-state index contributed by atoms with van der Waals surface area (Å²) in [5.74, 6) is 0. The van der Waals surface area contributed by atoms with Gasteiger partial charge in [0.2, 0.25) is 10.0 Å². The summed E-state index contributed by atoms with van der Waals surface area (Å²) >= 11 is 0. The SMILES string of the molecule is Cc1cc(N)c(S(=O)(=O)N2CCCCC2)cc1C. The summed E-state index contributed by atoms with van der Waals surface area (Å²) in [6.07, 6.45) is 2.97. The van der Waals surface area contributed by atoms with Gasteiger partial charge in [0.25, 0.3) is 0 Å². The molecule has 1 aromatic carbocycles. The Morgan fingerprint density at radius 1 is 1.06 bits per heavy atom. The topological polar surface area (TPSA) is 63.4 Å². The monoisotopic (exact) mass is 268 g/mol. The molecule has 1 heterocycles. The van der Waals surface area contributed by atoms with E-state index >= 15 is 0 Å². The molecule has 4 nitrogen and oxygen atoms in total. The Hall–Kier alpha value is -1.07. The minimum atomic E-state index is -3.42. The third kappa shape index (κ3) is 2.37. The van der Waals surface area contributed by atoms with Gasteiger partial charge in [-0.15, -0.1) is 0 Å². The molecule has 0 atom stereocenters. The quantitative estimate of drug-likeness (QED) is 0.835. The number of hydrogen-bond donors (Lipinski definition) is 1. The lowest BCUT2D eigenvalue weighted by Crippen LogP contribution is -2.36. The molecule has 100 valence electrons. The van der Waals surface area contributed by atoms with Crippen LogP contribution in [0.3, 0.4) is 0 Å². The van der Waals surface area contributed by atoms with Gasteiger partial charge in [-0.05, 0) is 49.9 Å². The number of hydrogen-bond acceptors (Lipinski definition) is 3. The van der Waals surface area contributed by atoms with Crippen LogP contribution in [0.15, 0.2) is 17.0 Å². The van der Waals surface area contributed by atoms with Crippen LogP contribution < -0.4 is 5.73 Å². The van der Waals surface area contributed by atoms with Crippen molar-refractivity contribution in [2.75, 3.05) is 18.8 Å². The van der Waals surface area contributed by atoms with E-state index in [0.717, 1.165) is 30.4 Å². The third-order valence-electron chi connectivity index (χ3n) is 3.56. The van der Waals surface area contributed by atoms with Crippen molar-refractivity contribution in [3.05, 3.63) is 23.3 Å². The molecule has 0 unspecified atom stereocenters. The van der Waals surface area contributed by atoms with Crippen LogP contribution in [0.25, 0.3) is 0 Å². The summed E-state index contributed by atoms with van der Waals surface area (Å²) in [6.45, 7) is 5.05. The van der Waals surface area contributed by atoms with Crippen LogP contribution in [0.5, 0.6) is 0 Å². The normalized spacial score (nSPS) is 17.9. The van der Waals surface area contributed by atoms with Crippen LogP contribution in [0.4, 0.5) is 5.69 Å². The van der Waals surface area contributed by atoms with E-state index in [4.69, 9.17) is 5.73 Å². The summed E-state index contributed by atoms with van der Waals surface area (Å²) in [6, 6.07) is 3.43. The Balaban J connectivity index is 2.43. The van der Waals surface area contributed by atoms with Crippen molar-refractivity contribution in [2.24, 2.45) is 0 Å². The largest absolute Gasteiger partial charge is 0.398 e. The van der Waals surface area contributed by atoms with Crippen molar-refractivity contribution in [3.63, 3.8) is 0 Å². The van der Waals surface area contributed by atoms with E-state index in [1.54, 1.807) is 16.4 Å². The fraction of sp³-hybridized carbons (Fsp3) is 0.538. The Kier molecular flexibility index (Phi) is 3.64. The minimum Gasteiger partial charge on any atom is -0.398 e. The fourth-order valence-corrected chi connectivity index (χ4v) is 3.98. The van der Waals surface area contributed by atoms with Gasteiger partial charge in [0.05, 0.1) is 5.69 Å². The van der Waals surface area contributed by atoms with E-state index in [0.29, 0.717) is 18.8 Å². The first-order valence-corrected chi connectivity index (χ1v) is 7.74. The average molecular weight is 268 g/mol. The predicted octanol–water partition coefficient (Wildman–Crippen LogP) is 2.06. The minimum absolute atomic E-state index is 0.257. The Morgan fingerprint density at radius 3 is 2.22 bits per heavy atom. The highest BCUT2D eigenvalue weighted by molar-refractivity contribution is 7.89. The van der Waals surface area contributed by atoms with Crippen LogP contribution in [0.1, 0.15) is 30.4 Å². The van der Waals surface area contributed by atoms with Crippen molar-refractivity contribution in [1.82, 2.24) is 4.31 Å². The maximum Gasteiger partial charge on any atom is 0.245 e. The molecule has 1 aliphatic heterocycles. The second-order valence-electron chi connectivity index (χ2n) is 4.94. The standard InChI is InChI=1S/C13H20N2O2S/c1-10-8-12(14)13(9-11(10)2)18(16,17)15-6-4-3-5-7-15/h8-9H,3-7,14H2,1-2H3. The van der Waals surface area contributed by atoms with Gasteiger partial charge < -0.3 is 5.73 Å². The van der Waals surface area contributed by atoms with E-state index in [1.807, 2.05) is 13.8 Å². The molecule has 0 aliphatic carbocycles. The third-order valence-corrected chi connectivity index (χ3v) is 5.51. The molecule has 0 saturated carbocycles. The van der Waals surface area contributed by atoms with Crippen molar-refractivity contribution in [3.8, 4) is 0 Å². The molecule has 0 bridgehead atoms. The zero-order chi connectivity index (χ0) is 13.3. The molecule has 2 rings (SSSR count). The molecule has 0 radical (unpaired) electrons. The van der Waals surface area contributed by atoms with Gasteiger partial charge in [-0.1, -0.05) is 6.42 Å². The smallest absolute Gasteiger partial charge is 0.245 e. The molecular weight excluding hydrogens is 248 g/mol. The second-order valence-corrected chi connectivity index (χ2v) is 6.85. The molecule has 18 heavy (non-hydrogen) atoms. The maximum atomic E-state index is 12.5. The molecular formula is C13H20N2O2S. The van der Waals surface area contributed by atoms with Crippen molar-refractivity contribution in [2.45, 2.75) is 38.0 Å². The molecule has 1 aliphatic rings. The van der Waals surface area contributed by atoms with Gasteiger partial charge >= 0.3 is 0 Å². The summed E-state index contributed by atoms with van der Waals surface area (Å²) in [7, 11) is -3.42. The van der Waals surface area contributed by atoms with Gasteiger partial charge in [-0.3, -0.25) is 0 Å². The number of rotatable bonds is 2. The second kappa shape index (κ2) is 4.90. The van der Waals surface area contributed by atoms with Crippen LogP contribution in [0.2, 0.25) is 0 Å². The van der Waals surface area contributed by atoms with E-state index in [9.17, 15) is 8.42 Å². The summed E-state index contributed by atoms with van der Waals surface area (Å²) in [5.41, 5.74) is 8.20. The summed E-state index contributed by atoms with van der Waals surface area (Å²) in [5, 5.41) is 0. The molecule has 1 fully saturated rings. The molecule has 0 aromatic heterocycles. The number of piperidine rings is 1. The van der Waals surface area contributed by atoms with Gasteiger partial charge in [-0.2, -0.15) is 4.31 Å². The lowest BCUT2D eigenvalue weighted by Gasteiger charge is -2.26. The van der Waals surface area contributed by atoms with Gasteiger partial charge in [0.1, 0.15) is 4.90 Å². The fourth-order valence-electron chi connectivity index (χ4n) is 2.28. The van der Waals surface area contributed by atoms with Crippen LogP contribution in [-0.4, -0.2) is 25.8 Å². The summed E-state index contributed by atoms with van der Waals surface area (Å²) < 4.78 is 26.6. The predicted molar refractivity (Wildman–Crippen MR) is 72.9 cm³/mol. The van der Waals surface area contributed by atoms with Gasteiger partial charge in [0, 0.05) is 13.1 Å². The zero-order valence-electron chi connectivity index (χ0n) is 10.9. The van der Waals surface area contributed by atoms with Crippen molar-refractivity contribution in [1.29, 1.82) is 0 Å². The number of nitrogens with two attached hydrogens (primary N) is 1. The lowest BCUT2D eigenvalue weighted by molar-refractivity contribution is 0.347. The molecule has 2 N–H and O–H groups in total. The first kappa shape index (κ1) is 13.4. The Morgan fingerprint density at radius 2 is 1.61 bits per heavy atom. The lowest BCUT2D eigenvalue weighted by atomic mass is 10.1. The Bertz CT molecular complexity index is 546. The molecule has 5 heteroatoms. The number of anilines is 1. The number of aryl methyl sites for hydroxylation is 2. The van der Waals surface area contributed by atoms with Crippen LogP contribution >= 0.6 is 0 Å². The van der Waals surface area contributed by atoms with E-state index in [-0.39, 0.29) is 4.90 Å². The number of nitrogen functional groups attached to an aromatic ring is 1. The average Bonchev–Trinajstić information content (AvgIpc) is 2.34. The highest BCUT2D eigenvalue weighted by atomic mass is 32.2. The van der Waals surface area contributed by atoms with Crippen molar-refractivity contribution < 1.29 is 8.42 Å². The molecule has 1 saturated heterocycles. The van der Waals surface area contributed by atoms with E-state index < -0.39 is 10.0 Å². The van der Waals surface area contributed by atoms with Gasteiger partial charge in [0.15, 0.2) is 0 Å². The van der Waals surface area contributed by atoms with Crippen LogP contribution in [-0.2, 0) is 10.0 Å². The molecule has 1 aromatic rings. The first-order valence-electron chi connectivity index (χ1n) is 6.30. The highest BCUT2D eigenvalue weighted by Crippen LogP contribution is 2.27. The Labute approximate surface area is 109 Å². The zero-order valence-corrected chi connectivity index (χ0v) is 11.8. The number of benzene rings is 1. The first-order chi connectivity index (χ1) is 8.43. The summed E-state index contributed by atoms with van der Waals surface area (Å²) in [4.78, 5) is 0.257. The maximum absolute atomic E-state index is 12.5. The molecule has 0 spiro atoms. The molecule has 0 amide bonds. The van der Waals surface area contributed by atoms with E-state index in [1.165, 1.54) is 0 Å². The number of nitrogens with zero attached hydrogens (tertiary/aromatic N) is 1. The van der Waals surface area contributed by atoms with Crippen molar-refractivity contribution >= 4 is 15.7 Å². The van der Waals surface area contributed by atoms with E-state index in [2.05, 4.69) is 0 Å². The van der Waals surface area contributed by atoms with Crippen LogP contribution in [0, 0.1) is 13.8 Å². The number of sulfonamides is 1. The highest BCUT2D eigenvalue weighted by Gasteiger charge is 2.27.